The van der Waals surface area contributed by atoms with E-state index in [0.717, 1.165) is 41.8 Å². The number of pyridine rings is 1. The first kappa shape index (κ1) is 13.4. The Morgan fingerprint density at radius 3 is 3.04 bits per heavy atom. The fourth-order valence-electron chi connectivity index (χ4n) is 3.46. The highest BCUT2D eigenvalue weighted by Crippen LogP contribution is 2.40. The summed E-state index contributed by atoms with van der Waals surface area (Å²) in [4.78, 5) is 10.2. The molecule has 1 spiro atoms. The zero-order chi connectivity index (χ0) is 16.0. The summed E-state index contributed by atoms with van der Waals surface area (Å²) in [5.41, 5.74) is 1.40. The molecule has 0 atom stereocenters. The summed E-state index contributed by atoms with van der Waals surface area (Å²) >= 11 is 0. The van der Waals surface area contributed by atoms with Crippen molar-refractivity contribution in [1.82, 2.24) is 35.4 Å². The lowest BCUT2D eigenvalue weighted by atomic mass is 9.98. The molecule has 5 rings (SSSR count). The molecule has 10 nitrogen and oxygen atoms in total. The number of oxime groups is 1. The molecule has 0 radical (unpaired) electrons. The van der Waals surface area contributed by atoms with Gasteiger partial charge in [0.1, 0.15) is 5.60 Å². The molecule has 10 heteroatoms. The average molecular weight is 325 g/mol. The van der Waals surface area contributed by atoms with E-state index in [4.69, 9.17) is 4.84 Å². The molecule has 2 aliphatic rings. The maximum atomic E-state index is 5.75. The minimum absolute atomic E-state index is 0.131. The van der Waals surface area contributed by atoms with Gasteiger partial charge in [0.2, 0.25) is 0 Å². The summed E-state index contributed by atoms with van der Waals surface area (Å²) < 4.78 is 1.75. The molecular formula is C14H15N9O. The molecule has 1 aliphatic heterocycles. The van der Waals surface area contributed by atoms with Crippen molar-refractivity contribution < 1.29 is 4.84 Å². The number of nitrogens with zero attached hydrogens (tertiary/aromatic N) is 7. The Kier molecular flexibility index (Phi) is 2.78. The van der Waals surface area contributed by atoms with Gasteiger partial charge in [-0.05, 0) is 37.0 Å². The van der Waals surface area contributed by atoms with E-state index < -0.39 is 0 Å². The highest BCUT2D eigenvalue weighted by atomic mass is 16.7. The van der Waals surface area contributed by atoms with Gasteiger partial charge in [0.15, 0.2) is 11.5 Å². The van der Waals surface area contributed by atoms with Gasteiger partial charge in [-0.15, -0.1) is 5.10 Å². The van der Waals surface area contributed by atoms with Crippen LogP contribution in [0, 0.1) is 0 Å². The quantitative estimate of drug-likeness (QED) is 0.734. The van der Waals surface area contributed by atoms with Gasteiger partial charge in [-0.2, -0.15) is 15.0 Å². The van der Waals surface area contributed by atoms with Crippen LogP contribution in [-0.2, 0) is 4.84 Å². The highest BCUT2D eigenvalue weighted by Gasteiger charge is 2.42. The Balaban J connectivity index is 1.50. The third-order valence-corrected chi connectivity index (χ3v) is 4.65. The number of rotatable bonds is 2. The predicted octanol–water partition coefficient (Wildman–Crippen LogP) is 1.58. The number of aromatic nitrogens is 7. The Morgan fingerprint density at radius 2 is 2.21 bits per heavy atom. The van der Waals surface area contributed by atoms with Crippen molar-refractivity contribution in [1.29, 1.82) is 0 Å². The summed E-state index contributed by atoms with van der Waals surface area (Å²) in [6.07, 6.45) is 8.74. The molecule has 0 unspecified atom stereocenters. The number of tetrazole rings is 1. The Hall–Kier alpha value is -3.04. The van der Waals surface area contributed by atoms with E-state index in [9.17, 15) is 0 Å². The Morgan fingerprint density at radius 1 is 1.29 bits per heavy atom. The van der Waals surface area contributed by atoms with Crippen LogP contribution in [0.4, 0.5) is 11.6 Å². The van der Waals surface area contributed by atoms with Crippen molar-refractivity contribution in [3.8, 4) is 0 Å². The number of hydrogen-bond acceptors (Lipinski definition) is 8. The maximum Gasteiger partial charge on any atom is 0.267 e. The third-order valence-electron chi connectivity index (χ3n) is 4.65. The first-order valence-electron chi connectivity index (χ1n) is 7.92. The van der Waals surface area contributed by atoms with Crippen LogP contribution in [-0.4, -0.2) is 46.8 Å². The second kappa shape index (κ2) is 4.98. The average Bonchev–Trinajstić information content (AvgIpc) is 3.36. The van der Waals surface area contributed by atoms with E-state index in [2.05, 4.69) is 41.2 Å². The molecule has 0 amide bonds. The van der Waals surface area contributed by atoms with E-state index in [1.165, 1.54) is 12.8 Å². The summed E-state index contributed by atoms with van der Waals surface area (Å²) in [7, 11) is 0. The number of anilines is 2. The predicted molar refractivity (Wildman–Crippen MR) is 84.7 cm³/mol. The molecule has 3 aromatic rings. The number of aromatic amines is 1. The van der Waals surface area contributed by atoms with Gasteiger partial charge in [0.05, 0.1) is 23.7 Å². The molecule has 3 aromatic heterocycles. The molecule has 24 heavy (non-hydrogen) atoms. The third kappa shape index (κ3) is 2.02. The van der Waals surface area contributed by atoms with Gasteiger partial charge >= 0.3 is 0 Å². The molecule has 4 heterocycles. The fourth-order valence-corrected chi connectivity index (χ4v) is 3.46. The van der Waals surface area contributed by atoms with Gasteiger partial charge in [0.25, 0.3) is 5.95 Å². The fraction of sp³-hybridized carbons (Fsp3) is 0.429. The minimum Gasteiger partial charge on any atom is -0.387 e. The van der Waals surface area contributed by atoms with Gasteiger partial charge in [-0.1, -0.05) is 10.3 Å². The number of hydrogen-bond donors (Lipinski definition) is 2. The van der Waals surface area contributed by atoms with Crippen molar-refractivity contribution in [2.75, 3.05) is 5.32 Å². The second-order valence-corrected chi connectivity index (χ2v) is 6.18. The van der Waals surface area contributed by atoms with Crippen LogP contribution in [0.2, 0.25) is 0 Å². The zero-order valence-corrected chi connectivity index (χ0v) is 12.8. The van der Waals surface area contributed by atoms with Crippen molar-refractivity contribution in [2.45, 2.75) is 37.7 Å². The first-order chi connectivity index (χ1) is 11.8. The minimum atomic E-state index is -0.131. The highest BCUT2D eigenvalue weighted by molar-refractivity contribution is 5.97. The zero-order valence-electron chi connectivity index (χ0n) is 12.8. The standard InChI is InChI=1S/C14H15N9O/c1-2-5-14(4-1)7-11(20-24-14)23-12-9(8-16-23)10(3-6-15-12)17-13-18-21-22-19-13/h3,6,8H,1-2,4-5,7H2,(H2,15,17,18,19,21,22). The van der Waals surface area contributed by atoms with Crippen molar-refractivity contribution in [3.63, 3.8) is 0 Å². The van der Waals surface area contributed by atoms with Crippen LogP contribution in [0.15, 0.2) is 23.6 Å². The lowest BCUT2D eigenvalue weighted by Gasteiger charge is -2.18. The molecule has 1 aliphatic carbocycles. The lowest BCUT2D eigenvalue weighted by molar-refractivity contribution is -0.0126. The molecule has 122 valence electrons. The smallest absolute Gasteiger partial charge is 0.267 e. The molecule has 1 fully saturated rings. The molecule has 2 N–H and O–H groups in total. The van der Waals surface area contributed by atoms with E-state index >= 15 is 0 Å². The van der Waals surface area contributed by atoms with Gasteiger partial charge in [-0.25, -0.2) is 4.98 Å². The Labute approximate surface area is 136 Å². The maximum absolute atomic E-state index is 5.75. The number of nitrogens with one attached hydrogen (secondary N) is 2. The van der Waals surface area contributed by atoms with Crippen molar-refractivity contribution >= 4 is 28.5 Å². The summed E-state index contributed by atoms with van der Waals surface area (Å²) in [5.74, 6) is 1.19. The number of fused-ring (bicyclic) bond motifs is 1. The monoisotopic (exact) mass is 325 g/mol. The van der Waals surface area contributed by atoms with E-state index in [-0.39, 0.29) is 5.60 Å². The lowest BCUT2D eigenvalue weighted by Crippen LogP contribution is -2.26. The van der Waals surface area contributed by atoms with E-state index in [0.29, 0.717) is 5.95 Å². The summed E-state index contributed by atoms with van der Waals surface area (Å²) in [5, 5.41) is 26.5. The van der Waals surface area contributed by atoms with Crippen LogP contribution >= 0.6 is 0 Å². The molecular weight excluding hydrogens is 310 g/mol. The van der Waals surface area contributed by atoms with Crippen molar-refractivity contribution in [2.24, 2.45) is 5.16 Å². The SMILES string of the molecule is c1cc(Nc2nn[nH]n2)c2cnn(C3=NOC4(CCCC4)C3)c2n1. The largest absolute Gasteiger partial charge is 0.387 e. The van der Waals surface area contributed by atoms with E-state index in [1.807, 2.05) is 6.07 Å². The van der Waals surface area contributed by atoms with Crippen LogP contribution < -0.4 is 5.32 Å². The summed E-state index contributed by atoms with van der Waals surface area (Å²) in [6, 6.07) is 1.84. The molecule has 1 saturated carbocycles. The molecule has 0 aromatic carbocycles. The van der Waals surface area contributed by atoms with Crippen LogP contribution in [0.3, 0.4) is 0 Å². The van der Waals surface area contributed by atoms with Crippen LogP contribution in [0.1, 0.15) is 32.1 Å². The second-order valence-electron chi connectivity index (χ2n) is 6.18. The summed E-state index contributed by atoms with van der Waals surface area (Å²) in [6.45, 7) is 0. The van der Waals surface area contributed by atoms with Gasteiger partial charge < -0.3 is 10.2 Å². The molecule has 0 bridgehead atoms. The van der Waals surface area contributed by atoms with Crippen molar-refractivity contribution in [3.05, 3.63) is 18.5 Å². The molecule has 0 saturated heterocycles. The topological polar surface area (TPSA) is 119 Å². The van der Waals surface area contributed by atoms with Crippen LogP contribution in [0.5, 0.6) is 0 Å². The normalized spacial score (nSPS) is 18.9. The first-order valence-corrected chi connectivity index (χ1v) is 7.92. The van der Waals surface area contributed by atoms with Gasteiger partial charge in [-0.3, -0.25) is 0 Å². The number of H-pyrrole nitrogens is 1. The van der Waals surface area contributed by atoms with Crippen LogP contribution in [0.25, 0.3) is 11.0 Å². The Bertz CT molecular complexity index is 908. The van der Waals surface area contributed by atoms with Gasteiger partial charge in [0, 0.05) is 6.20 Å². The van der Waals surface area contributed by atoms with E-state index in [1.54, 1.807) is 17.1 Å².